The van der Waals surface area contributed by atoms with Gasteiger partial charge in [-0.05, 0) is 46.0 Å². The van der Waals surface area contributed by atoms with Crippen LogP contribution >= 0.6 is 0 Å². The van der Waals surface area contributed by atoms with Crippen LogP contribution in [-0.2, 0) is 4.74 Å². The summed E-state index contributed by atoms with van der Waals surface area (Å²) >= 11 is 0. The fourth-order valence-electron chi connectivity index (χ4n) is 1.75. The Morgan fingerprint density at radius 3 is 2.05 bits per heavy atom. The molecule has 0 N–H and O–H groups in total. The molecule has 0 unspecified atom stereocenters. The van der Waals surface area contributed by atoms with Crippen molar-refractivity contribution in [2.24, 2.45) is 0 Å². The lowest BCUT2D eigenvalue weighted by molar-refractivity contribution is 0.122. The van der Waals surface area contributed by atoms with Gasteiger partial charge in [-0.2, -0.15) is 0 Å². The normalized spacial score (nSPS) is 15.4. The molecular weight excluding hydrogens is 262 g/mol. The largest absolute Gasteiger partial charge is 0.378 e. The maximum absolute atomic E-state index is 5.32. The molecule has 0 radical (unpaired) electrons. The molecule has 1 aliphatic rings. The third kappa shape index (κ3) is 6.44. The van der Waals surface area contributed by atoms with Crippen LogP contribution in [0, 0.1) is 0 Å². The minimum atomic E-state index is 0.503. The van der Waals surface area contributed by atoms with Gasteiger partial charge in [0.25, 0.3) is 0 Å². The second kappa shape index (κ2) is 9.00. The molecule has 0 saturated carbocycles. The number of anilines is 1. The molecule has 21 heavy (non-hydrogen) atoms. The van der Waals surface area contributed by atoms with E-state index in [0.29, 0.717) is 12.0 Å². The Labute approximate surface area is 130 Å². The summed E-state index contributed by atoms with van der Waals surface area (Å²) in [6.45, 7) is 12.3. The van der Waals surface area contributed by atoms with Gasteiger partial charge in [-0.15, -0.1) is 0 Å². The van der Waals surface area contributed by atoms with E-state index in [-0.39, 0.29) is 0 Å². The zero-order valence-corrected chi connectivity index (χ0v) is 14.5. The second-order valence-corrected chi connectivity index (χ2v) is 6.25. The van der Waals surface area contributed by atoms with Crippen molar-refractivity contribution in [1.29, 1.82) is 0 Å². The third-order valence-electron chi connectivity index (χ3n) is 3.77. The fraction of sp³-hybridized carbons (Fsp3) is 0.706. The first kappa shape index (κ1) is 17.9. The highest BCUT2D eigenvalue weighted by Crippen LogP contribution is 2.17. The minimum Gasteiger partial charge on any atom is -0.378 e. The molecule has 1 aliphatic heterocycles. The maximum atomic E-state index is 5.32. The highest BCUT2D eigenvalue weighted by molar-refractivity contribution is 5.45. The molecule has 120 valence electrons. The first-order chi connectivity index (χ1) is 9.91. The van der Waals surface area contributed by atoms with Crippen molar-refractivity contribution in [1.82, 2.24) is 9.88 Å². The van der Waals surface area contributed by atoms with Crippen molar-refractivity contribution in [3.8, 4) is 0 Å². The van der Waals surface area contributed by atoms with Crippen LogP contribution in [0.4, 0.5) is 5.69 Å². The van der Waals surface area contributed by atoms with E-state index in [4.69, 9.17) is 4.74 Å². The topological polar surface area (TPSA) is 28.6 Å². The first-order valence-electron chi connectivity index (χ1n) is 7.87. The van der Waals surface area contributed by atoms with Crippen LogP contribution in [0.25, 0.3) is 0 Å². The number of nitrogens with zero attached hydrogens (tertiary/aromatic N) is 3. The number of morpholine rings is 1. The van der Waals surface area contributed by atoms with E-state index in [1.54, 1.807) is 0 Å². The van der Waals surface area contributed by atoms with Crippen molar-refractivity contribution in [2.75, 3.05) is 45.3 Å². The molecule has 2 rings (SSSR count). The maximum Gasteiger partial charge on any atom is 0.0642 e. The summed E-state index contributed by atoms with van der Waals surface area (Å²) in [4.78, 5) is 8.96. The van der Waals surface area contributed by atoms with Crippen molar-refractivity contribution < 1.29 is 4.74 Å². The van der Waals surface area contributed by atoms with E-state index in [9.17, 15) is 0 Å². The highest BCUT2D eigenvalue weighted by atomic mass is 16.5. The van der Waals surface area contributed by atoms with Gasteiger partial charge >= 0.3 is 0 Å². The molecule has 1 aromatic rings. The molecule has 1 aromatic heterocycles. The van der Waals surface area contributed by atoms with Crippen LogP contribution < -0.4 is 4.90 Å². The monoisotopic (exact) mass is 293 g/mol. The van der Waals surface area contributed by atoms with Crippen LogP contribution in [0.5, 0.6) is 0 Å². The van der Waals surface area contributed by atoms with E-state index in [2.05, 4.69) is 68.7 Å². The lowest BCUT2D eigenvalue weighted by Gasteiger charge is -2.28. The molecule has 1 saturated heterocycles. The molecule has 4 heteroatoms. The van der Waals surface area contributed by atoms with Crippen LogP contribution in [0.2, 0.25) is 0 Å². The zero-order chi connectivity index (χ0) is 15.8. The van der Waals surface area contributed by atoms with Crippen LogP contribution in [0.3, 0.4) is 0 Å². The lowest BCUT2D eigenvalue weighted by Crippen LogP contribution is -2.36. The van der Waals surface area contributed by atoms with Gasteiger partial charge in [0.15, 0.2) is 0 Å². The predicted molar refractivity (Wildman–Crippen MR) is 90.2 cm³/mol. The Morgan fingerprint density at radius 2 is 1.67 bits per heavy atom. The Morgan fingerprint density at radius 1 is 1.10 bits per heavy atom. The van der Waals surface area contributed by atoms with Gasteiger partial charge in [-0.1, -0.05) is 13.8 Å². The molecule has 0 bridgehead atoms. The molecule has 1 fully saturated rings. The zero-order valence-electron chi connectivity index (χ0n) is 14.5. The van der Waals surface area contributed by atoms with Crippen molar-refractivity contribution in [3.05, 3.63) is 24.0 Å². The Hall–Kier alpha value is -1.13. The van der Waals surface area contributed by atoms with Gasteiger partial charge in [-0.3, -0.25) is 4.98 Å². The fourth-order valence-corrected chi connectivity index (χ4v) is 1.75. The number of rotatable bonds is 3. The van der Waals surface area contributed by atoms with Crippen LogP contribution in [0.1, 0.15) is 39.3 Å². The van der Waals surface area contributed by atoms with Gasteiger partial charge < -0.3 is 14.5 Å². The Bertz CT molecular complexity index is 376. The van der Waals surface area contributed by atoms with Gasteiger partial charge in [0.2, 0.25) is 0 Å². The quantitative estimate of drug-likeness (QED) is 0.856. The van der Waals surface area contributed by atoms with Crippen LogP contribution in [0.15, 0.2) is 18.3 Å². The standard InChI is InChI=1S/C12H18N2O.C5H13N/c1-10(2)12-4-3-11(9-13-12)14-5-7-15-8-6-14;1-5(2)6(3)4/h3-4,9-10H,5-8H2,1-2H3;5H,1-4H3. The number of pyridine rings is 1. The van der Waals surface area contributed by atoms with E-state index in [1.807, 2.05) is 6.20 Å². The SMILES string of the molecule is CC(C)N(C)C.CC(C)c1ccc(N2CCOCC2)cn1. The number of hydrogen-bond donors (Lipinski definition) is 0. The lowest BCUT2D eigenvalue weighted by atomic mass is 10.1. The summed E-state index contributed by atoms with van der Waals surface area (Å²) in [6.07, 6.45) is 1.97. The number of aromatic nitrogens is 1. The minimum absolute atomic E-state index is 0.503. The van der Waals surface area contributed by atoms with Gasteiger partial charge in [0.05, 0.1) is 25.1 Å². The molecular formula is C17H31N3O. The van der Waals surface area contributed by atoms with Gasteiger partial charge in [-0.25, -0.2) is 0 Å². The third-order valence-corrected chi connectivity index (χ3v) is 3.77. The van der Waals surface area contributed by atoms with Gasteiger partial charge in [0, 0.05) is 24.8 Å². The van der Waals surface area contributed by atoms with Crippen molar-refractivity contribution in [3.63, 3.8) is 0 Å². The molecule has 4 nitrogen and oxygen atoms in total. The summed E-state index contributed by atoms with van der Waals surface area (Å²) in [5, 5.41) is 0. The van der Waals surface area contributed by atoms with E-state index in [1.165, 1.54) is 5.69 Å². The summed E-state index contributed by atoms with van der Waals surface area (Å²) < 4.78 is 5.32. The molecule has 0 atom stereocenters. The molecule has 0 amide bonds. The summed E-state index contributed by atoms with van der Waals surface area (Å²) in [6, 6.07) is 4.97. The summed E-state index contributed by atoms with van der Waals surface area (Å²) in [5.74, 6) is 0.503. The molecule has 0 spiro atoms. The average molecular weight is 293 g/mol. The number of hydrogen-bond acceptors (Lipinski definition) is 4. The van der Waals surface area contributed by atoms with E-state index >= 15 is 0 Å². The Kier molecular flexibility index (Phi) is 7.68. The highest BCUT2D eigenvalue weighted by Gasteiger charge is 2.11. The number of ether oxygens (including phenoxy) is 1. The average Bonchev–Trinajstić information content (AvgIpc) is 2.49. The molecule has 0 aliphatic carbocycles. The van der Waals surface area contributed by atoms with E-state index < -0.39 is 0 Å². The van der Waals surface area contributed by atoms with Crippen LogP contribution in [-0.4, -0.2) is 56.3 Å². The molecule has 2 heterocycles. The Balaban J connectivity index is 0.000000315. The second-order valence-electron chi connectivity index (χ2n) is 6.25. The molecule has 0 aromatic carbocycles. The predicted octanol–water partition coefficient (Wildman–Crippen LogP) is 3.00. The van der Waals surface area contributed by atoms with Crippen molar-refractivity contribution >= 4 is 5.69 Å². The summed E-state index contributed by atoms with van der Waals surface area (Å²) in [7, 11) is 4.15. The van der Waals surface area contributed by atoms with Crippen molar-refractivity contribution in [2.45, 2.75) is 39.7 Å². The van der Waals surface area contributed by atoms with Gasteiger partial charge in [0.1, 0.15) is 0 Å². The van der Waals surface area contributed by atoms with E-state index in [0.717, 1.165) is 32.0 Å². The smallest absolute Gasteiger partial charge is 0.0642 e. The summed E-state index contributed by atoms with van der Waals surface area (Å²) in [5.41, 5.74) is 2.37. The first-order valence-corrected chi connectivity index (χ1v) is 7.87.